The third-order valence-corrected chi connectivity index (χ3v) is 5.20. The van der Waals surface area contributed by atoms with E-state index in [1.807, 2.05) is 6.92 Å². The van der Waals surface area contributed by atoms with Crippen molar-refractivity contribution in [2.24, 2.45) is 11.1 Å². The summed E-state index contributed by atoms with van der Waals surface area (Å²) in [5.41, 5.74) is 11.5. The third kappa shape index (κ3) is 2.40. The monoisotopic (exact) mass is 289 g/mol. The van der Waals surface area contributed by atoms with E-state index in [0.717, 1.165) is 56.4 Å². The highest BCUT2D eigenvalue weighted by atomic mass is 16.5. The molecule has 1 saturated heterocycles. The standard InChI is InChI=1S/C17H27N3O/c1-11-12(2)21-13(3)14-9-17(4,16(18)15(11)14)10-20-7-5-19-6-8-20/h19H,5-10,18H2,1-4H3. The summed E-state index contributed by atoms with van der Waals surface area (Å²) in [6.07, 6.45) is 0.995. The van der Waals surface area contributed by atoms with Crippen LogP contribution in [-0.2, 0) is 4.74 Å². The van der Waals surface area contributed by atoms with Crippen LogP contribution < -0.4 is 11.1 Å². The number of ether oxygens (including phenoxy) is 1. The second-order valence-electron chi connectivity index (χ2n) is 6.87. The minimum absolute atomic E-state index is 0.0263. The van der Waals surface area contributed by atoms with Crippen LogP contribution >= 0.6 is 0 Å². The van der Waals surface area contributed by atoms with Crippen molar-refractivity contribution in [3.63, 3.8) is 0 Å². The lowest BCUT2D eigenvalue weighted by Gasteiger charge is -2.35. The Morgan fingerprint density at radius 1 is 1.19 bits per heavy atom. The summed E-state index contributed by atoms with van der Waals surface area (Å²) >= 11 is 0. The lowest BCUT2D eigenvalue weighted by atomic mass is 9.85. The Morgan fingerprint density at radius 3 is 2.52 bits per heavy atom. The van der Waals surface area contributed by atoms with Crippen LogP contribution in [0.5, 0.6) is 0 Å². The molecule has 116 valence electrons. The van der Waals surface area contributed by atoms with E-state index in [-0.39, 0.29) is 5.41 Å². The third-order valence-electron chi connectivity index (χ3n) is 5.20. The minimum Gasteiger partial charge on any atom is -0.466 e. The van der Waals surface area contributed by atoms with Crippen molar-refractivity contribution in [2.75, 3.05) is 32.7 Å². The molecule has 21 heavy (non-hydrogen) atoms. The molecule has 1 aliphatic carbocycles. The Labute approximate surface area is 127 Å². The molecule has 1 atom stereocenters. The van der Waals surface area contributed by atoms with Gasteiger partial charge in [-0.3, -0.25) is 4.90 Å². The van der Waals surface area contributed by atoms with Crippen molar-refractivity contribution in [2.45, 2.75) is 34.1 Å². The molecule has 4 heteroatoms. The summed E-state index contributed by atoms with van der Waals surface area (Å²) in [6, 6.07) is 0. The van der Waals surface area contributed by atoms with Gasteiger partial charge in [-0.25, -0.2) is 0 Å². The Balaban J connectivity index is 1.92. The van der Waals surface area contributed by atoms with E-state index in [1.165, 1.54) is 16.7 Å². The molecule has 3 aliphatic rings. The fourth-order valence-corrected chi connectivity index (χ4v) is 3.81. The predicted molar refractivity (Wildman–Crippen MR) is 85.4 cm³/mol. The van der Waals surface area contributed by atoms with E-state index >= 15 is 0 Å². The van der Waals surface area contributed by atoms with Gasteiger partial charge in [0, 0.05) is 55.0 Å². The van der Waals surface area contributed by atoms with Gasteiger partial charge in [-0.1, -0.05) is 6.92 Å². The smallest absolute Gasteiger partial charge is 0.104 e. The zero-order chi connectivity index (χ0) is 15.2. The van der Waals surface area contributed by atoms with Gasteiger partial charge >= 0.3 is 0 Å². The molecule has 0 bridgehead atoms. The van der Waals surface area contributed by atoms with Crippen LogP contribution in [-0.4, -0.2) is 37.6 Å². The lowest BCUT2D eigenvalue weighted by Crippen LogP contribution is -2.48. The van der Waals surface area contributed by atoms with Crippen LogP contribution in [0.15, 0.2) is 33.9 Å². The van der Waals surface area contributed by atoms with Gasteiger partial charge in [0.25, 0.3) is 0 Å². The van der Waals surface area contributed by atoms with Gasteiger partial charge in [0.2, 0.25) is 0 Å². The van der Waals surface area contributed by atoms with Gasteiger partial charge in [-0.2, -0.15) is 0 Å². The average molecular weight is 289 g/mol. The first-order chi connectivity index (χ1) is 9.92. The molecule has 4 nitrogen and oxygen atoms in total. The summed E-state index contributed by atoms with van der Waals surface area (Å²) in [5, 5.41) is 3.41. The second kappa shape index (κ2) is 5.18. The van der Waals surface area contributed by atoms with Crippen molar-refractivity contribution in [3.8, 4) is 0 Å². The Hall–Kier alpha value is -1.26. The maximum atomic E-state index is 6.61. The summed E-state index contributed by atoms with van der Waals surface area (Å²) < 4.78 is 5.89. The molecular formula is C17H27N3O. The van der Waals surface area contributed by atoms with Crippen LogP contribution in [0.1, 0.15) is 34.1 Å². The highest BCUT2D eigenvalue weighted by molar-refractivity contribution is 5.58. The molecule has 1 unspecified atom stereocenters. The lowest BCUT2D eigenvalue weighted by molar-refractivity contribution is 0.173. The number of allylic oxidation sites excluding steroid dienone is 5. The number of piperazine rings is 1. The molecular weight excluding hydrogens is 262 g/mol. The summed E-state index contributed by atoms with van der Waals surface area (Å²) in [4.78, 5) is 2.53. The number of hydrogen-bond acceptors (Lipinski definition) is 4. The van der Waals surface area contributed by atoms with Crippen LogP contribution in [0, 0.1) is 5.41 Å². The highest BCUT2D eigenvalue weighted by Gasteiger charge is 2.42. The molecule has 2 aliphatic heterocycles. The quantitative estimate of drug-likeness (QED) is 0.817. The molecule has 3 rings (SSSR count). The Morgan fingerprint density at radius 2 is 1.86 bits per heavy atom. The molecule has 0 spiro atoms. The van der Waals surface area contributed by atoms with E-state index in [4.69, 9.17) is 10.5 Å². The van der Waals surface area contributed by atoms with Crippen LogP contribution in [0.4, 0.5) is 0 Å². The van der Waals surface area contributed by atoms with Crippen LogP contribution in [0.2, 0.25) is 0 Å². The predicted octanol–water partition coefficient (Wildman–Crippen LogP) is 2.11. The number of nitrogens with one attached hydrogen (secondary N) is 1. The molecule has 1 fully saturated rings. The number of fused-ring (bicyclic) bond motifs is 1. The number of nitrogens with zero attached hydrogens (tertiary/aromatic N) is 1. The number of rotatable bonds is 2. The highest BCUT2D eigenvalue weighted by Crippen LogP contribution is 2.50. The fourth-order valence-electron chi connectivity index (χ4n) is 3.81. The van der Waals surface area contributed by atoms with Gasteiger partial charge < -0.3 is 15.8 Å². The van der Waals surface area contributed by atoms with Gasteiger partial charge in [0.1, 0.15) is 11.5 Å². The van der Waals surface area contributed by atoms with Crippen molar-refractivity contribution < 1.29 is 4.74 Å². The van der Waals surface area contributed by atoms with E-state index in [1.54, 1.807) is 0 Å². The molecule has 0 saturated carbocycles. The van der Waals surface area contributed by atoms with Crippen molar-refractivity contribution in [1.29, 1.82) is 0 Å². The fraction of sp³-hybridized carbons (Fsp3) is 0.647. The molecule has 0 aromatic carbocycles. The van der Waals surface area contributed by atoms with Crippen molar-refractivity contribution in [1.82, 2.24) is 10.2 Å². The zero-order valence-electron chi connectivity index (χ0n) is 13.7. The number of hydrogen-bond donors (Lipinski definition) is 2. The first kappa shape index (κ1) is 14.7. The van der Waals surface area contributed by atoms with Crippen LogP contribution in [0.3, 0.4) is 0 Å². The topological polar surface area (TPSA) is 50.5 Å². The largest absolute Gasteiger partial charge is 0.466 e. The number of nitrogens with two attached hydrogens (primary N) is 1. The van der Waals surface area contributed by atoms with E-state index < -0.39 is 0 Å². The zero-order valence-corrected chi connectivity index (χ0v) is 13.7. The minimum atomic E-state index is 0.0263. The van der Waals surface area contributed by atoms with Gasteiger partial charge in [0.15, 0.2) is 0 Å². The molecule has 2 heterocycles. The van der Waals surface area contributed by atoms with Crippen molar-refractivity contribution >= 4 is 0 Å². The summed E-state index contributed by atoms with van der Waals surface area (Å²) in [5.74, 6) is 2.01. The second-order valence-corrected chi connectivity index (χ2v) is 6.87. The van der Waals surface area contributed by atoms with Crippen LogP contribution in [0.25, 0.3) is 0 Å². The van der Waals surface area contributed by atoms with Crippen molar-refractivity contribution in [3.05, 3.63) is 33.9 Å². The van der Waals surface area contributed by atoms with E-state index in [9.17, 15) is 0 Å². The Bertz CT molecular complexity index is 552. The maximum absolute atomic E-state index is 6.61. The SMILES string of the molecule is CC1=C(C)C2=C(N)C(C)(CN3CCNCC3)CC2=C(C)O1. The van der Waals surface area contributed by atoms with E-state index in [0.29, 0.717) is 0 Å². The van der Waals surface area contributed by atoms with Gasteiger partial charge in [-0.15, -0.1) is 0 Å². The normalized spacial score (nSPS) is 30.9. The first-order valence-electron chi connectivity index (χ1n) is 7.91. The maximum Gasteiger partial charge on any atom is 0.104 e. The summed E-state index contributed by atoms with van der Waals surface area (Å²) in [7, 11) is 0. The van der Waals surface area contributed by atoms with Gasteiger partial charge in [0.05, 0.1) is 0 Å². The molecule has 0 aromatic heterocycles. The molecule has 0 radical (unpaired) electrons. The Kier molecular flexibility index (Phi) is 3.62. The van der Waals surface area contributed by atoms with Gasteiger partial charge in [-0.05, 0) is 32.8 Å². The molecule has 0 amide bonds. The first-order valence-corrected chi connectivity index (χ1v) is 7.91. The average Bonchev–Trinajstić information content (AvgIpc) is 2.71. The molecule has 0 aromatic rings. The summed E-state index contributed by atoms with van der Waals surface area (Å²) in [6.45, 7) is 13.9. The van der Waals surface area contributed by atoms with E-state index in [2.05, 4.69) is 31.0 Å². The molecule has 3 N–H and O–H groups in total.